The van der Waals surface area contributed by atoms with E-state index in [4.69, 9.17) is 5.11 Å². The summed E-state index contributed by atoms with van der Waals surface area (Å²) in [5.74, 6) is 0. The summed E-state index contributed by atoms with van der Waals surface area (Å²) < 4.78 is 0. The molecule has 0 aromatic carbocycles. The first-order valence-corrected chi connectivity index (χ1v) is 4.59. The second-order valence-electron chi connectivity index (χ2n) is 4.21. The fourth-order valence-corrected chi connectivity index (χ4v) is 1.29. The minimum absolute atomic E-state index is 0.366. The molecule has 0 amide bonds. The lowest BCUT2D eigenvalue weighted by Crippen LogP contribution is -2.46. The van der Waals surface area contributed by atoms with Gasteiger partial charge in [0, 0.05) is 19.6 Å². The lowest BCUT2D eigenvalue weighted by Gasteiger charge is -2.27. The van der Waals surface area contributed by atoms with E-state index in [9.17, 15) is 5.11 Å². The molecule has 13 heavy (non-hydrogen) atoms. The van der Waals surface area contributed by atoms with Gasteiger partial charge < -0.3 is 20.4 Å². The third-order valence-electron chi connectivity index (χ3n) is 1.60. The second kappa shape index (κ2) is 5.54. The Morgan fingerprint density at radius 1 is 1.46 bits per heavy atom. The van der Waals surface area contributed by atoms with Crippen LogP contribution in [0.1, 0.15) is 13.8 Å². The van der Waals surface area contributed by atoms with Gasteiger partial charge in [0.15, 0.2) is 0 Å². The first-order chi connectivity index (χ1) is 5.83. The van der Waals surface area contributed by atoms with Crippen LogP contribution in [-0.4, -0.2) is 60.5 Å². The summed E-state index contributed by atoms with van der Waals surface area (Å²) in [5.41, 5.74) is -0.738. The van der Waals surface area contributed by atoms with E-state index in [0.717, 1.165) is 0 Å². The number of hydrogen-bond donors (Lipinski definition) is 3. The molecule has 0 fully saturated rings. The first kappa shape index (κ1) is 12.8. The minimum atomic E-state index is -0.738. The molecule has 0 aromatic heterocycles. The fraction of sp³-hybridized carbons (Fsp3) is 1.00. The lowest BCUT2D eigenvalue weighted by molar-refractivity contribution is 0.0314. The van der Waals surface area contributed by atoms with Crippen LogP contribution in [0.2, 0.25) is 0 Å². The van der Waals surface area contributed by atoms with Gasteiger partial charge in [-0.3, -0.25) is 0 Å². The van der Waals surface area contributed by atoms with Gasteiger partial charge in [-0.25, -0.2) is 0 Å². The molecular formula is C9H22N2O2. The average molecular weight is 190 g/mol. The molecule has 0 aliphatic carbocycles. The normalized spacial score (nSPS) is 18.7. The van der Waals surface area contributed by atoms with Gasteiger partial charge in [0.1, 0.15) is 0 Å². The summed E-state index contributed by atoms with van der Waals surface area (Å²) in [6, 6.07) is 0. The Bertz CT molecular complexity index is 136. The van der Waals surface area contributed by atoms with Crippen molar-refractivity contribution < 1.29 is 10.2 Å². The number of nitrogens with zero attached hydrogens (tertiary/aromatic N) is 1. The van der Waals surface area contributed by atoms with Gasteiger partial charge in [-0.2, -0.15) is 0 Å². The van der Waals surface area contributed by atoms with E-state index in [0.29, 0.717) is 19.6 Å². The SMILES string of the molecule is CC(O)CNCC(C)(O)CN(C)C. The molecule has 0 aromatic rings. The predicted molar refractivity (Wildman–Crippen MR) is 53.7 cm³/mol. The standard InChI is InChI=1S/C9H22N2O2/c1-8(12)5-10-6-9(2,13)7-11(3)4/h8,10,12-13H,5-7H2,1-4H3. The number of hydrogen-bond acceptors (Lipinski definition) is 4. The van der Waals surface area contributed by atoms with Crippen LogP contribution in [0.15, 0.2) is 0 Å². The van der Waals surface area contributed by atoms with E-state index < -0.39 is 5.60 Å². The van der Waals surface area contributed by atoms with Crippen LogP contribution in [0.25, 0.3) is 0 Å². The molecule has 3 N–H and O–H groups in total. The second-order valence-corrected chi connectivity index (χ2v) is 4.21. The summed E-state index contributed by atoms with van der Waals surface area (Å²) in [7, 11) is 3.84. The maximum atomic E-state index is 9.81. The highest BCUT2D eigenvalue weighted by Gasteiger charge is 2.20. The number of aliphatic hydroxyl groups excluding tert-OH is 1. The molecule has 2 unspecified atom stereocenters. The van der Waals surface area contributed by atoms with Crippen molar-refractivity contribution in [3.05, 3.63) is 0 Å². The molecule has 0 spiro atoms. The molecule has 4 heteroatoms. The van der Waals surface area contributed by atoms with Crippen LogP contribution in [0.3, 0.4) is 0 Å². The van der Waals surface area contributed by atoms with Crippen LogP contribution in [0.4, 0.5) is 0 Å². The number of aliphatic hydroxyl groups is 2. The Morgan fingerprint density at radius 3 is 2.38 bits per heavy atom. The maximum Gasteiger partial charge on any atom is 0.0869 e. The Kier molecular flexibility index (Phi) is 5.48. The summed E-state index contributed by atoms with van der Waals surface area (Å²) in [5, 5.41) is 21.8. The van der Waals surface area contributed by atoms with Gasteiger partial charge in [0.05, 0.1) is 11.7 Å². The zero-order chi connectivity index (χ0) is 10.5. The topological polar surface area (TPSA) is 55.7 Å². The Labute approximate surface area is 80.6 Å². The third kappa shape index (κ3) is 8.18. The zero-order valence-electron chi connectivity index (χ0n) is 9.04. The van der Waals surface area contributed by atoms with Crippen molar-refractivity contribution >= 4 is 0 Å². The molecule has 0 saturated heterocycles. The van der Waals surface area contributed by atoms with Crippen molar-refractivity contribution in [3.8, 4) is 0 Å². The Hall–Kier alpha value is -0.160. The third-order valence-corrected chi connectivity index (χ3v) is 1.60. The van der Waals surface area contributed by atoms with Crippen LogP contribution in [0.5, 0.6) is 0 Å². The number of rotatable bonds is 6. The van der Waals surface area contributed by atoms with Crippen LogP contribution in [-0.2, 0) is 0 Å². The summed E-state index contributed by atoms with van der Waals surface area (Å²) in [6.07, 6.45) is -0.366. The van der Waals surface area contributed by atoms with Gasteiger partial charge in [0.25, 0.3) is 0 Å². The van der Waals surface area contributed by atoms with E-state index in [-0.39, 0.29) is 6.10 Å². The average Bonchev–Trinajstić information content (AvgIpc) is 1.81. The highest BCUT2D eigenvalue weighted by Crippen LogP contribution is 2.02. The number of likely N-dealkylation sites (N-methyl/N-ethyl adjacent to an activating group) is 1. The van der Waals surface area contributed by atoms with Crippen molar-refractivity contribution in [2.75, 3.05) is 33.7 Å². The fourth-order valence-electron chi connectivity index (χ4n) is 1.29. The summed E-state index contributed by atoms with van der Waals surface area (Å²) >= 11 is 0. The van der Waals surface area contributed by atoms with Gasteiger partial charge in [-0.1, -0.05) is 0 Å². The Balaban J connectivity index is 3.62. The van der Waals surface area contributed by atoms with Gasteiger partial charge in [0.2, 0.25) is 0 Å². The van der Waals surface area contributed by atoms with Crippen molar-refractivity contribution in [1.82, 2.24) is 10.2 Å². The molecule has 0 rings (SSSR count). The molecule has 0 heterocycles. The highest BCUT2D eigenvalue weighted by molar-refractivity contribution is 4.78. The van der Waals surface area contributed by atoms with E-state index in [1.54, 1.807) is 13.8 Å². The van der Waals surface area contributed by atoms with E-state index >= 15 is 0 Å². The van der Waals surface area contributed by atoms with Crippen molar-refractivity contribution in [2.24, 2.45) is 0 Å². The quantitative estimate of drug-likeness (QED) is 0.517. The molecule has 0 radical (unpaired) electrons. The first-order valence-electron chi connectivity index (χ1n) is 4.59. The van der Waals surface area contributed by atoms with Gasteiger partial charge >= 0.3 is 0 Å². The van der Waals surface area contributed by atoms with Gasteiger partial charge in [-0.05, 0) is 27.9 Å². The molecule has 80 valence electrons. The maximum absolute atomic E-state index is 9.81. The Morgan fingerprint density at radius 2 is 2.00 bits per heavy atom. The molecule has 0 saturated carbocycles. The minimum Gasteiger partial charge on any atom is -0.392 e. The van der Waals surface area contributed by atoms with Gasteiger partial charge in [-0.15, -0.1) is 0 Å². The molecule has 2 atom stereocenters. The summed E-state index contributed by atoms with van der Waals surface area (Å²) in [6.45, 7) is 5.12. The monoisotopic (exact) mass is 190 g/mol. The zero-order valence-corrected chi connectivity index (χ0v) is 9.04. The van der Waals surface area contributed by atoms with E-state index in [1.165, 1.54) is 0 Å². The smallest absolute Gasteiger partial charge is 0.0869 e. The summed E-state index contributed by atoms with van der Waals surface area (Å²) in [4.78, 5) is 1.93. The van der Waals surface area contributed by atoms with Crippen molar-refractivity contribution in [3.63, 3.8) is 0 Å². The van der Waals surface area contributed by atoms with Crippen molar-refractivity contribution in [1.29, 1.82) is 0 Å². The molecule has 0 bridgehead atoms. The van der Waals surface area contributed by atoms with Crippen molar-refractivity contribution in [2.45, 2.75) is 25.6 Å². The van der Waals surface area contributed by atoms with Crippen LogP contribution >= 0.6 is 0 Å². The van der Waals surface area contributed by atoms with E-state index in [1.807, 2.05) is 19.0 Å². The van der Waals surface area contributed by atoms with E-state index in [2.05, 4.69) is 5.32 Å². The van der Waals surface area contributed by atoms with Crippen LogP contribution in [0, 0.1) is 0 Å². The largest absolute Gasteiger partial charge is 0.392 e. The molecule has 0 aliphatic heterocycles. The molecule has 0 aliphatic rings. The number of nitrogens with one attached hydrogen (secondary N) is 1. The predicted octanol–water partition coefficient (Wildman–Crippen LogP) is -0.731. The highest BCUT2D eigenvalue weighted by atomic mass is 16.3. The van der Waals surface area contributed by atoms with Crippen LogP contribution < -0.4 is 5.32 Å². The molecular weight excluding hydrogens is 168 g/mol. The molecule has 4 nitrogen and oxygen atoms in total. The lowest BCUT2D eigenvalue weighted by atomic mass is 10.1.